The van der Waals surface area contributed by atoms with Crippen LogP contribution in [0.25, 0.3) is 0 Å². The van der Waals surface area contributed by atoms with Crippen molar-refractivity contribution in [1.82, 2.24) is 0 Å². The summed E-state index contributed by atoms with van der Waals surface area (Å²) >= 11 is 3.47. The molecule has 0 saturated carbocycles. The molecule has 0 bridgehead atoms. The molecule has 2 aromatic carbocycles. The van der Waals surface area contributed by atoms with Gasteiger partial charge in [-0.1, -0.05) is 28.1 Å². The highest BCUT2D eigenvalue weighted by molar-refractivity contribution is 9.10. The third-order valence-electron chi connectivity index (χ3n) is 2.85. The molecule has 0 aliphatic rings. The van der Waals surface area contributed by atoms with E-state index >= 15 is 0 Å². The largest absolute Gasteiger partial charge is 0.495 e. The minimum Gasteiger partial charge on any atom is -0.495 e. The number of hydrogen-bond donors (Lipinski definition) is 1. The van der Waals surface area contributed by atoms with Gasteiger partial charge < -0.3 is 14.8 Å². The lowest BCUT2D eigenvalue weighted by atomic mass is 10.2. The van der Waals surface area contributed by atoms with E-state index in [4.69, 9.17) is 9.47 Å². The lowest BCUT2D eigenvalue weighted by Crippen LogP contribution is -2.02. The Morgan fingerprint density at radius 3 is 2.75 bits per heavy atom. The smallest absolute Gasteiger partial charge is 0.142 e. The number of hydrogen-bond acceptors (Lipinski definition) is 3. The second-order valence-electron chi connectivity index (χ2n) is 4.28. The van der Waals surface area contributed by atoms with Crippen LogP contribution in [-0.2, 0) is 6.54 Å². The zero-order chi connectivity index (χ0) is 14.4. The standard InChI is InChI=1S/C16H18BrNO2/c1-3-20-14-6-4-5-12(9-14)11-18-15-10-13(17)7-8-16(15)19-2/h4-10,18H,3,11H2,1-2H3. The van der Waals surface area contributed by atoms with Gasteiger partial charge in [0.1, 0.15) is 11.5 Å². The average Bonchev–Trinajstić information content (AvgIpc) is 2.46. The Labute approximate surface area is 128 Å². The molecule has 0 fully saturated rings. The minimum atomic E-state index is 0.677. The summed E-state index contributed by atoms with van der Waals surface area (Å²) < 4.78 is 11.9. The van der Waals surface area contributed by atoms with Crippen molar-refractivity contribution in [3.05, 3.63) is 52.5 Å². The maximum atomic E-state index is 5.50. The van der Waals surface area contributed by atoms with Crippen molar-refractivity contribution >= 4 is 21.6 Å². The van der Waals surface area contributed by atoms with E-state index in [0.717, 1.165) is 27.2 Å². The van der Waals surface area contributed by atoms with Crippen LogP contribution in [0.15, 0.2) is 46.9 Å². The zero-order valence-corrected chi connectivity index (χ0v) is 13.2. The third-order valence-corrected chi connectivity index (χ3v) is 3.35. The fourth-order valence-corrected chi connectivity index (χ4v) is 2.29. The number of benzene rings is 2. The summed E-state index contributed by atoms with van der Waals surface area (Å²) in [5.74, 6) is 1.72. The van der Waals surface area contributed by atoms with Crippen LogP contribution in [-0.4, -0.2) is 13.7 Å². The summed E-state index contributed by atoms with van der Waals surface area (Å²) in [5.41, 5.74) is 2.13. The summed E-state index contributed by atoms with van der Waals surface area (Å²) in [4.78, 5) is 0. The van der Waals surface area contributed by atoms with E-state index in [1.165, 1.54) is 0 Å². The number of ether oxygens (including phenoxy) is 2. The fraction of sp³-hybridized carbons (Fsp3) is 0.250. The predicted molar refractivity (Wildman–Crippen MR) is 85.6 cm³/mol. The van der Waals surface area contributed by atoms with Gasteiger partial charge in [0.25, 0.3) is 0 Å². The summed E-state index contributed by atoms with van der Waals surface area (Å²) in [5, 5.41) is 3.38. The molecule has 4 heteroatoms. The topological polar surface area (TPSA) is 30.5 Å². The Hall–Kier alpha value is -1.68. The molecule has 0 radical (unpaired) electrons. The molecule has 2 aromatic rings. The van der Waals surface area contributed by atoms with Crippen molar-refractivity contribution < 1.29 is 9.47 Å². The molecule has 0 spiro atoms. The zero-order valence-electron chi connectivity index (χ0n) is 11.7. The van der Waals surface area contributed by atoms with Crippen molar-refractivity contribution in [2.24, 2.45) is 0 Å². The van der Waals surface area contributed by atoms with E-state index in [9.17, 15) is 0 Å². The lowest BCUT2D eigenvalue weighted by molar-refractivity contribution is 0.340. The molecule has 106 valence electrons. The summed E-state index contributed by atoms with van der Waals surface area (Å²) in [6.07, 6.45) is 0. The number of nitrogens with one attached hydrogen (secondary N) is 1. The molecule has 0 aliphatic carbocycles. The third kappa shape index (κ3) is 3.90. The van der Waals surface area contributed by atoms with Gasteiger partial charge in [-0.2, -0.15) is 0 Å². The van der Waals surface area contributed by atoms with Gasteiger partial charge in [-0.15, -0.1) is 0 Å². The molecule has 20 heavy (non-hydrogen) atoms. The van der Waals surface area contributed by atoms with Gasteiger partial charge in [-0.25, -0.2) is 0 Å². The maximum absolute atomic E-state index is 5.50. The van der Waals surface area contributed by atoms with Crippen LogP contribution in [0.2, 0.25) is 0 Å². The summed E-state index contributed by atoms with van der Waals surface area (Å²) in [6.45, 7) is 3.38. The van der Waals surface area contributed by atoms with Crippen molar-refractivity contribution in [1.29, 1.82) is 0 Å². The summed E-state index contributed by atoms with van der Waals surface area (Å²) in [6, 6.07) is 14.0. The lowest BCUT2D eigenvalue weighted by Gasteiger charge is -2.12. The molecule has 0 saturated heterocycles. The monoisotopic (exact) mass is 335 g/mol. The highest BCUT2D eigenvalue weighted by Crippen LogP contribution is 2.28. The van der Waals surface area contributed by atoms with E-state index in [-0.39, 0.29) is 0 Å². The van der Waals surface area contributed by atoms with Crippen LogP contribution in [0.1, 0.15) is 12.5 Å². The molecule has 0 atom stereocenters. The predicted octanol–water partition coefficient (Wildman–Crippen LogP) is 4.47. The van der Waals surface area contributed by atoms with E-state index in [1.807, 2.05) is 43.3 Å². The molecule has 1 N–H and O–H groups in total. The Morgan fingerprint density at radius 2 is 2.00 bits per heavy atom. The molecule has 2 rings (SSSR count). The van der Waals surface area contributed by atoms with Crippen LogP contribution < -0.4 is 14.8 Å². The maximum Gasteiger partial charge on any atom is 0.142 e. The quantitative estimate of drug-likeness (QED) is 0.844. The molecular formula is C16H18BrNO2. The van der Waals surface area contributed by atoms with Crippen LogP contribution in [0.3, 0.4) is 0 Å². The van der Waals surface area contributed by atoms with E-state index in [0.29, 0.717) is 13.2 Å². The van der Waals surface area contributed by atoms with E-state index < -0.39 is 0 Å². The fourth-order valence-electron chi connectivity index (χ4n) is 1.93. The van der Waals surface area contributed by atoms with Gasteiger partial charge in [-0.3, -0.25) is 0 Å². The van der Waals surface area contributed by atoms with Gasteiger partial charge >= 0.3 is 0 Å². The first kappa shape index (κ1) is 14.7. The van der Waals surface area contributed by atoms with Gasteiger partial charge in [0.2, 0.25) is 0 Å². The van der Waals surface area contributed by atoms with E-state index in [1.54, 1.807) is 7.11 Å². The molecule has 0 heterocycles. The Bertz CT molecular complexity index is 572. The summed E-state index contributed by atoms with van der Waals surface area (Å²) in [7, 11) is 1.67. The Balaban J connectivity index is 2.08. The second-order valence-corrected chi connectivity index (χ2v) is 5.19. The van der Waals surface area contributed by atoms with Gasteiger partial charge in [0.15, 0.2) is 0 Å². The molecule has 0 aromatic heterocycles. The molecule has 0 unspecified atom stereocenters. The SMILES string of the molecule is CCOc1cccc(CNc2cc(Br)ccc2OC)c1. The average molecular weight is 336 g/mol. The molecular weight excluding hydrogens is 318 g/mol. The van der Waals surface area contributed by atoms with Crippen molar-refractivity contribution in [2.75, 3.05) is 19.0 Å². The minimum absolute atomic E-state index is 0.677. The number of anilines is 1. The highest BCUT2D eigenvalue weighted by Gasteiger charge is 2.04. The number of methoxy groups -OCH3 is 1. The molecule has 3 nitrogen and oxygen atoms in total. The van der Waals surface area contributed by atoms with Gasteiger partial charge in [-0.05, 0) is 42.8 Å². The van der Waals surface area contributed by atoms with Gasteiger partial charge in [0.05, 0.1) is 19.4 Å². The first-order valence-corrected chi connectivity index (χ1v) is 7.31. The van der Waals surface area contributed by atoms with E-state index in [2.05, 4.69) is 27.3 Å². The van der Waals surface area contributed by atoms with Crippen molar-refractivity contribution in [3.63, 3.8) is 0 Å². The normalized spacial score (nSPS) is 10.2. The Kier molecular flexibility index (Phi) is 5.30. The van der Waals surface area contributed by atoms with Crippen molar-refractivity contribution in [2.45, 2.75) is 13.5 Å². The van der Waals surface area contributed by atoms with Gasteiger partial charge in [0, 0.05) is 11.0 Å². The van der Waals surface area contributed by atoms with Crippen molar-refractivity contribution in [3.8, 4) is 11.5 Å². The highest BCUT2D eigenvalue weighted by atomic mass is 79.9. The second kappa shape index (κ2) is 7.20. The molecule has 0 amide bonds. The first-order chi connectivity index (χ1) is 9.72. The number of rotatable bonds is 6. The Morgan fingerprint density at radius 1 is 1.15 bits per heavy atom. The first-order valence-electron chi connectivity index (χ1n) is 6.52. The number of halogens is 1. The van der Waals surface area contributed by atoms with Crippen LogP contribution in [0.4, 0.5) is 5.69 Å². The molecule has 0 aliphatic heterocycles. The van der Waals surface area contributed by atoms with Crippen LogP contribution in [0, 0.1) is 0 Å². The van der Waals surface area contributed by atoms with Crippen LogP contribution in [0.5, 0.6) is 11.5 Å². The van der Waals surface area contributed by atoms with Crippen LogP contribution >= 0.6 is 15.9 Å².